The lowest BCUT2D eigenvalue weighted by Crippen LogP contribution is -2.54. The number of amides is 2. The van der Waals surface area contributed by atoms with Gasteiger partial charge < -0.3 is 25.5 Å². The van der Waals surface area contributed by atoms with Crippen LogP contribution in [0.15, 0.2) is 0 Å². The highest BCUT2D eigenvalue weighted by atomic mass is 16.4. The SMILES string of the molecule is CCN(CC(C)(C)O)C(=O)NC(C(=O)O)C(C)O. The number of aliphatic hydroxyl groups is 2. The van der Waals surface area contributed by atoms with E-state index in [9.17, 15) is 19.8 Å². The molecule has 4 N–H and O–H groups in total. The van der Waals surface area contributed by atoms with Gasteiger partial charge in [0.25, 0.3) is 0 Å². The molecule has 2 amide bonds. The number of likely N-dealkylation sites (N-methyl/N-ethyl adjacent to an activating group) is 1. The number of hydrogen-bond donors (Lipinski definition) is 4. The third-order valence-corrected chi connectivity index (χ3v) is 2.27. The molecule has 0 aromatic heterocycles. The zero-order valence-corrected chi connectivity index (χ0v) is 11.2. The van der Waals surface area contributed by atoms with Crippen molar-refractivity contribution in [3.63, 3.8) is 0 Å². The molecule has 0 heterocycles. The summed E-state index contributed by atoms with van der Waals surface area (Å²) in [4.78, 5) is 23.9. The summed E-state index contributed by atoms with van der Waals surface area (Å²) < 4.78 is 0. The molecule has 0 saturated carbocycles. The number of aliphatic carboxylic acids is 1. The van der Waals surface area contributed by atoms with Gasteiger partial charge in [0.2, 0.25) is 0 Å². The van der Waals surface area contributed by atoms with E-state index in [2.05, 4.69) is 5.32 Å². The minimum atomic E-state index is -1.37. The maximum absolute atomic E-state index is 11.8. The molecule has 7 nitrogen and oxygen atoms in total. The molecular formula is C11H22N2O5. The molecule has 0 aromatic rings. The Morgan fingerprint density at radius 2 is 1.89 bits per heavy atom. The van der Waals surface area contributed by atoms with E-state index in [1.165, 1.54) is 11.8 Å². The van der Waals surface area contributed by atoms with Gasteiger partial charge in [0, 0.05) is 6.54 Å². The fraction of sp³-hybridized carbons (Fsp3) is 0.818. The number of carboxylic acids is 1. The van der Waals surface area contributed by atoms with Crippen LogP contribution in [0.4, 0.5) is 4.79 Å². The predicted octanol–water partition coefficient (Wildman–Crippen LogP) is -0.377. The van der Waals surface area contributed by atoms with Gasteiger partial charge in [-0.3, -0.25) is 0 Å². The van der Waals surface area contributed by atoms with Crippen molar-refractivity contribution in [1.29, 1.82) is 0 Å². The van der Waals surface area contributed by atoms with Crippen molar-refractivity contribution in [2.24, 2.45) is 0 Å². The number of nitrogens with zero attached hydrogens (tertiary/aromatic N) is 1. The van der Waals surface area contributed by atoms with Crippen LogP contribution in [0.25, 0.3) is 0 Å². The number of aliphatic hydroxyl groups excluding tert-OH is 1. The second kappa shape index (κ2) is 6.55. The molecule has 0 aliphatic heterocycles. The van der Waals surface area contributed by atoms with E-state index in [1.807, 2.05) is 0 Å². The van der Waals surface area contributed by atoms with Crippen molar-refractivity contribution in [2.75, 3.05) is 13.1 Å². The van der Waals surface area contributed by atoms with Crippen LogP contribution in [0, 0.1) is 0 Å². The fourth-order valence-electron chi connectivity index (χ4n) is 1.41. The van der Waals surface area contributed by atoms with Gasteiger partial charge in [-0.15, -0.1) is 0 Å². The zero-order valence-electron chi connectivity index (χ0n) is 11.2. The summed E-state index contributed by atoms with van der Waals surface area (Å²) in [5, 5.41) is 29.9. The summed E-state index contributed by atoms with van der Waals surface area (Å²) in [5.41, 5.74) is -1.07. The Labute approximate surface area is 106 Å². The fourth-order valence-corrected chi connectivity index (χ4v) is 1.41. The van der Waals surface area contributed by atoms with Gasteiger partial charge in [0.05, 0.1) is 18.2 Å². The number of hydrogen-bond acceptors (Lipinski definition) is 4. The Morgan fingerprint density at radius 1 is 1.39 bits per heavy atom. The molecule has 0 aliphatic rings. The monoisotopic (exact) mass is 262 g/mol. The molecule has 0 fully saturated rings. The third-order valence-electron chi connectivity index (χ3n) is 2.27. The average molecular weight is 262 g/mol. The van der Waals surface area contributed by atoms with E-state index in [1.54, 1.807) is 20.8 Å². The highest BCUT2D eigenvalue weighted by Gasteiger charge is 2.28. The van der Waals surface area contributed by atoms with Crippen LogP contribution in [-0.4, -0.2) is 63.1 Å². The van der Waals surface area contributed by atoms with Gasteiger partial charge in [-0.25, -0.2) is 9.59 Å². The van der Waals surface area contributed by atoms with Gasteiger partial charge in [-0.1, -0.05) is 0 Å². The lowest BCUT2D eigenvalue weighted by molar-refractivity contribution is -0.141. The Hall–Kier alpha value is -1.34. The first-order chi connectivity index (χ1) is 8.08. The van der Waals surface area contributed by atoms with E-state index < -0.39 is 29.7 Å². The number of nitrogens with one attached hydrogen (secondary N) is 1. The highest BCUT2D eigenvalue weighted by molar-refractivity contribution is 5.83. The van der Waals surface area contributed by atoms with Crippen molar-refractivity contribution < 1.29 is 24.9 Å². The van der Waals surface area contributed by atoms with Gasteiger partial charge in [0.1, 0.15) is 0 Å². The van der Waals surface area contributed by atoms with Crippen molar-refractivity contribution >= 4 is 12.0 Å². The maximum atomic E-state index is 11.8. The van der Waals surface area contributed by atoms with Crippen LogP contribution < -0.4 is 5.32 Å². The van der Waals surface area contributed by atoms with Gasteiger partial charge in [-0.05, 0) is 27.7 Å². The molecule has 0 bridgehead atoms. The summed E-state index contributed by atoms with van der Waals surface area (Å²) in [6.45, 7) is 6.48. The topological polar surface area (TPSA) is 110 Å². The molecule has 106 valence electrons. The molecule has 2 atom stereocenters. The van der Waals surface area contributed by atoms with Crippen LogP contribution in [0.2, 0.25) is 0 Å². The van der Waals surface area contributed by atoms with E-state index >= 15 is 0 Å². The summed E-state index contributed by atoms with van der Waals surface area (Å²) in [5.74, 6) is -1.31. The lowest BCUT2D eigenvalue weighted by Gasteiger charge is -2.29. The van der Waals surface area contributed by atoms with Gasteiger partial charge >= 0.3 is 12.0 Å². The number of rotatable bonds is 6. The summed E-state index contributed by atoms with van der Waals surface area (Å²) >= 11 is 0. The molecular weight excluding hydrogens is 240 g/mol. The second-order valence-corrected chi connectivity index (χ2v) is 4.83. The minimum absolute atomic E-state index is 0.0709. The predicted molar refractivity (Wildman–Crippen MR) is 65.2 cm³/mol. The van der Waals surface area contributed by atoms with Crippen molar-refractivity contribution in [3.05, 3.63) is 0 Å². The van der Waals surface area contributed by atoms with E-state index in [4.69, 9.17) is 5.11 Å². The Balaban J connectivity index is 4.65. The smallest absolute Gasteiger partial charge is 0.328 e. The molecule has 0 rings (SSSR count). The third kappa shape index (κ3) is 5.83. The molecule has 7 heteroatoms. The normalized spacial score (nSPS) is 14.8. The highest BCUT2D eigenvalue weighted by Crippen LogP contribution is 2.05. The molecule has 2 unspecified atom stereocenters. The van der Waals surface area contributed by atoms with Crippen LogP contribution in [0.1, 0.15) is 27.7 Å². The largest absolute Gasteiger partial charge is 0.480 e. The number of urea groups is 1. The van der Waals surface area contributed by atoms with E-state index in [-0.39, 0.29) is 6.54 Å². The lowest BCUT2D eigenvalue weighted by atomic mass is 10.1. The molecule has 0 aromatic carbocycles. The van der Waals surface area contributed by atoms with E-state index in [0.29, 0.717) is 6.54 Å². The van der Waals surface area contributed by atoms with Crippen LogP contribution in [0.3, 0.4) is 0 Å². The minimum Gasteiger partial charge on any atom is -0.480 e. The number of carboxylic acid groups (broad SMARTS) is 1. The Kier molecular flexibility index (Phi) is 6.07. The van der Waals surface area contributed by atoms with Crippen molar-refractivity contribution in [2.45, 2.75) is 45.4 Å². The van der Waals surface area contributed by atoms with Crippen LogP contribution in [0.5, 0.6) is 0 Å². The Bertz CT molecular complexity index is 298. The first-order valence-electron chi connectivity index (χ1n) is 5.77. The first-order valence-corrected chi connectivity index (χ1v) is 5.77. The number of carbonyl (C=O) groups excluding carboxylic acids is 1. The molecule has 0 spiro atoms. The van der Waals surface area contributed by atoms with Gasteiger partial charge in [-0.2, -0.15) is 0 Å². The summed E-state index contributed by atoms with van der Waals surface area (Å²) in [6, 6.07) is -2.00. The van der Waals surface area contributed by atoms with Crippen molar-refractivity contribution in [1.82, 2.24) is 10.2 Å². The quantitative estimate of drug-likeness (QED) is 0.521. The second-order valence-electron chi connectivity index (χ2n) is 4.83. The summed E-state index contributed by atoms with van der Waals surface area (Å²) in [7, 11) is 0. The van der Waals surface area contributed by atoms with Crippen LogP contribution >= 0.6 is 0 Å². The maximum Gasteiger partial charge on any atom is 0.328 e. The van der Waals surface area contributed by atoms with Crippen molar-refractivity contribution in [3.8, 4) is 0 Å². The number of carbonyl (C=O) groups is 2. The molecule has 0 radical (unpaired) electrons. The summed E-state index contributed by atoms with van der Waals surface area (Å²) in [6.07, 6.45) is -1.20. The standard InChI is InChI=1S/C11H22N2O5/c1-5-13(6-11(3,4)18)10(17)12-8(7(2)14)9(15)16/h7-8,14,18H,5-6H2,1-4H3,(H,12,17)(H,15,16). The molecule has 18 heavy (non-hydrogen) atoms. The molecule has 0 saturated heterocycles. The van der Waals surface area contributed by atoms with Gasteiger partial charge in [0.15, 0.2) is 6.04 Å². The Morgan fingerprint density at radius 3 is 2.17 bits per heavy atom. The average Bonchev–Trinajstić information content (AvgIpc) is 2.19. The zero-order chi connectivity index (χ0) is 14.5. The molecule has 0 aliphatic carbocycles. The first kappa shape index (κ1) is 16.7. The van der Waals surface area contributed by atoms with Crippen LogP contribution in [-0.2, 0) is 4.79 Å². The van der Waals surface area contributed by atoms with E-state index in [0.717, 1.165) is 0 Å².